The smallest absolute Gasteiger partial charge is 0.402 e. The summed E-state index contributed by atoms with van der Waals surface area (Å²) in [5, 5.41) is -4.72. The number of benzene rings is 1. The van der Waals surface area contributed by atoms with Crippen molar-refractivity contribution in [3.63, 3.8) is 0 Å². The van der Waals surface area contributed by atoms with Gasteiger partial charge in [-0.1, -0.05) is 0 Å². The first-order chi connectivity index (χ1) is 8.54. The Bertz CT molecular complexity index is 599. The van der Waals surface area contributed by atoms with E-state index in [1.165, 1.54) is 0 Å². The van der Waals surface area contributed by atoms with Gasteiger partial charge in [0, 0.05) is 6.07 Å². The van der Waals surface area contributed by atoms with Crippen LogP contribution in [0.3, 0.4) is 0 Å². The molecule has 106 valence electrons. The fourth-order valence-corrected chi connectivity index (χ4v) is 1.16. The molecule has 0 aromatic heterocycles. The molecule has 0 spiro atoms. The van der Waals surface area contributed by atoms with Crippen LogP contribution in [0.5, 0.6) is 0 Å². The van der Waals surface area contributed by atoms with Gasteiger partial charge >= 0.3 is 21.3 Å². The molecule has 0 radical (unpaired) electrons. The highest BCUT2D eigenvalue weighted by atomic mass is 32.2. The van der Waals surface area contributed by atoms with E-state index in [0.717, 1.165) is 0 Å². The minimum absolute atomic E-state index is 0.317. The number of hydrogen-bond donors (Lipinski definition) is 1. The van der Waals surface area contributed by atoms with Crippen LogP contribution in [-0.4, -0.2) is 30.8 Å². The lowest BCUT2D eigenvalue weighted by Crippen LogP contribution is -2.34. The fourth-order valence-electron chi connectivity index (χ4n) is 0.957. The van der Waals surface area contributed by atoms with Crippen LogP contribution < -0.4 is 0 Å². The van der Waals surface area contributed by atoms with E-state index in [-0.39, 0.29) is 0 Å². The maximum Gasteiger partial charge on any atom is 0.402 e. The molecule has 0 bridgehead atoms. The molecule has 0 saturated heterocycles. The number of ether oxygens (including phenoxy) is 1. The number of rotatable bonds is 4. The van der Waals surface area contributed by atoms with Crippen LogP contribution in [0.1, 0.15) is 10.4 Å². The molecule has 0 heterocycles. The molecule has 0 saturated carbocycles. The van der Waals surface area contributed by atoms with Crippen molar-refractivity contribution in [3.05, 3.63) is 35.4 Å². The van der Waals surface area contributed by atoms with Crippen molar-refractivity contribution in [2.24, 2.45) is 0 Å². The molecular weight excluding hydrogens is 296 g/mol. The molecule has 0 fully saturated rings. The fraction of sp³-hybridized carbons (Fsp3) is 0.222. The number of carbonyl (C=O) groups is 1. The minimum Gasteiger partial charge on any atom is -0.454 e. The lowest BCUT2D eigenvalue weighted by molar-refractivity contribution is -0.00979. The Kier molecular flexibility index (Phi) is 4.15. The number of hydrogen-bond acceptors (Lipinski definition) is 4. The summed E-state index contributed by atoms with van der Waals surface area (Å²) in [5.41, 5.74) is -0.854. The summed E-state index contributed by atoms with van der Waals surface area (Å²) in [6.45, 7) is -2.00. The van der Waals surface area contributed by atoms with E-state index in [1.54, 1.807) is 0 Å². The van der Waals surface area contributed by atoms with Gasteiger partial charge < -0.3 is 4.74 Å². The van der Waals surface area contributed by atoms with Gasteiger partial charge in [-0.15, -0.1) is 0 Å². The van der Waals surface area contributed by atoms with E-state index in [1.807, 2.05) is 0 Å². The van der Waals surface area contributed by atoms with E-state index in [2.05, 4.69) is 4.74 Å². The highest BCUT2D eigenvalue weighted by Gasteiger charge is 2.45. The lowest BCUT2D eigenvalue weighted by atomic mass is 10.2. The molecule has 1 N–H and O–H groups in total. The monoisotopic (exact) mass is 302 g/mol. The van der Waals surface area contributed by atoms with Gasteiger partial charge in [0.1, 0.15) is 11.6 Å². The Morgan fingerprint density at radius 2 is 1.89 bits per heavy atom. The van der Waals surface area contributed by atoms with Crippen LogP contribution in [0.15, 0.2) is 18.2 Å². The zero-order valence-corrected chi connectivity index (χ0v) is 9.76. The molecule has 0 amide bonds. The third-order valence-corrected chi connectivity index (χ3v) is 2.77. The van der Waals surface area contributed by atoms with E-state index >= 15 is 0 Å². The van der Waals surface area contributed by atoms with Crippen LogP contribution in [0, 0.1) is 11.6 Å². The standard InChI is InChI=1S/C9H6F4O5S/c10-5-1-2-6(7(11)3-5)8(14)18-4-9(12,13)19(15,16)17/h1-3H,4H2,(H,15,16,17). The minimum atomic E-state index is -5.76. The summed E-state index contributed by atoms with van der Waals surface area (Å²) >= 11 is 0. The first-order valence-electron chi connectivity index (χ1n) is 4.51. The van der Waals surface area contributed by atoms with Crippen LogP contribution in [0.2, 0.25) is 0 Å². The molecule has 0 aliphatic carbocycles. The molecule has 19 heavy (non-hydrogen) atoms. The Balaban J connectivity index is 2.82. The van der Waals surface area contributed by atoms with Gasteiger partial charge in [0.2, 0.25) is 0 Å². The molecule has 1 rings (SSSR count). The second kappa shape index (κ2) is 5.13. The summed E-state index contributed by atoms with van der Waals surface area (Å²) in [6, 6.07) is 1.64. The molecule has 1 aromatic rings. The van der Waals surface area contributed by atoms with Gasteiger partial charge in [0.25, 0.3) is 0 Å². The average Bonchev–Trinajstić information content (AvgIpc) is 2.24. The first-order valence-corrected chi connectivity index (χ1v) is 5.95. The normalized spacial score (nSPS) is 12.3. The van der Waals surface area contributed by atoms with Gasteiger partial charge in [0.15, 0.2) is 6.61 Å². The Morgan fingerprint density at radius 1 is 1.32 bits per heavy atom. The first kappa shape index (κ1) is 15.4. The van der Waals surface area contributed by atoms with Gasteiger partial charge in [0.05, 0.1) is 5.56 Å². The molecular formula is C9H6F4O5S. The highest BCUT2D eigenvalue weighted by Crippen LogP contribution is 2.21. The maximum absolute atomic E-state index is 13.1. The third-order valence-electron chi connectivity index (χ3n) is 1.90. The van der Waals surface area contributed by atoms with Crippen molar-refractivity contribution >= 4 is 16.1 Å². The molecule has 10 heteroatoms. The average molecular weight is 302 g/mol. The van der Waals surface area contributed by atoms with E-state index in [9.17, 15) is 30.8 Å². The quantitative estimate of drug-likeness (QED) is 0.519. The summed E-state index contributed by atoms with van der Waals surface area (Å²) in [6.07, 6.45) is 0. The van der Waals surface area contributed by atoms with Crippen LogP contribution in [-0.2, 0) is 14.9 Å². The van der Waals surface area contributed by atoms with E-state index < -0.39 is 45.1 Å². The Hall–Kier alpha value is -1.68. The molecule has 0 unspecified atom stereocenters. The summed E-state index contributed by atoms with van der Waals surface area (Å²) < 4.78 is 83.4. The molecule has 0 aliphatic heterocycles. The summed E-state index contributed by atoms with van der Waals surface area (Å²) in [5.74, 6) is -3.99. The predicted octanol–water partition coefficient (Wildman–Crippen LogP) is 1.60. The number of esters is 1. The van der Waals surface area contributed by atoms with Gasteiger partial charge in [-0.05, 0) is 12.1 Å². The van der Waals surface area contributed by atoms with Crippen LogP contribution in [0.4, 0.5) is 17.6 Å². The topological polar surface area (TPSA) is 80.7 Å². The number of alkyl halides is 2. The molecule has 0 atom stereocenters. The highest BCUT2D eigenvalue weighted by molar-refractivity contribution is 7.86. The second-order valence-electron chi connectivity index (χ2n) is 3.31. The van der Waals surface area contributed by atoms with E-state index in [4.69, 9.17) is 4.55 Å². The molecule has 5 nitrogen and oxygen atoms in total. The Labute approximate surface area is 104 Å². The maximum atomic E-state index is 13.1. The largest absolute Gasteiger partial charge is 0.454 e. The number of carbonyl (C=O) groups excluding carboxylic acids is 1. The third kappa shape index (κ3) is 3.64. The van der Waals surface area contributed by atoms with E-state index in [0.29, 0.717) is 18.2 Å². The lowest BCUT2D eigenvalue weighted by Gasteiger charge is -2.13. The Morgan fingerprint density at radius 3 is 2.37 bits per heavy atom. The van der Waals surface area contributed by atoms with Crippen molar-refractivity contribution in [3.8, 4) is 0 Å². The summed E-state index contributed by atoms with van der Waals surface area (Å²) in [7, 11) is -5.76. The SMILES string of the molecule is O=C(OCC(F)(F)S(=O)(=O)O)c1ccc(F)cc1F. The molecule has 1 aromatic carbocycles. The van der Waals surface area contributed by atoms with Crippen molar-refractivity contribution in [2.75, 3.05) is 6.61 Å². The van der Waals surface area contributed by atoms with Crippen molar-refractivity contribution in [1.82, 2.24) is 0 Å². The van der Waals surface area contributed by atoms with Crippen LogP contribution in [0.25, 0.3) is 0 Å². The number of halogens is 4. The zero-order valence-electron chi connectivity index (χ0n) is 8.94. The molecule has 0 aliphatic rings. The summed E-state index contributed by atoms with van der Waals surface area (Å²) in [4.78, 5) is 11.2. The second-order valence-corrected chi connectivity index (χ2v) is 4.86. The predicted molar refractivity (Wildman–Crippen MR) is 53.1 cm³/mol. The van der Waals surface area contributed by atoms with Crippen molar-refractivity contribution in [1.29, 1.82) is 0 Å². The van der Waals surface area contributed by atoms with Crippen molar-refractivity contribution < 1.29 is 40.1 Å². The van der Waals surface area contributed by atoms with Gasteiger partial charge in [-0.3, -0.25) is 4.55 Å². The van der Waals surface area contributed by atoms with Crippen LogP contribution >= 0.6 is 0 Å². The van der Waals surface area contributed by atoms with Crippen molar-refractivity contribution in [2.45, 2.75) is 5.25 Å². The zero-order chi connectivity index (χ0) is 14.8. The van der Waals surface area contributed by atoms with Gasteiger partial charge in [-0.2, -0.15) is 17.2 Å². The van der Waals surface area contributed by atoms with Gasteiger partial charge in [-0.25, -0.2) is 13.6 Å².